The number of amides is 1. The van der Waals surface area contributed by atoms with Crippen molar-refractivity contribution < 1.29 is 19.4 Å². The van der Waals surface area contributed by atoms with Crippen LogP contribution in [0, 0.1) is 13.8 Å². The van der Waals surface area contributed by atoms with E-state index in [9.17, 15) is 9.59 Å². The molecule has 0 aliphatic carbocycles. The molecule has 1 amide bonds. The molecule has 7 nitrogen and oxygen atoms in total. The Balaban J connectivity index is 1.98. The van der Waals surface area contributed by atoms with Crippen molar-refractivity contribution in [1.82, 2.24) is 14.7 Å². The summed E-state index contributed by atoms with van der Waals surface area (Å²) in [4.78, 5) is 24.8. The molecule has 0 aliphatic heterocycles. The van der Waals surface area contributed by atoms with Crippen LogP contribution in [0.3, 0.4) is 0 Å². The van der Waals surface area contributed by atoms with Crippen LogP contribution in [0.1, 0.15) is 17.0 Å². The molecule has 0 saturated heterocycles. The molecule has 25 heavy (non-hydrogen) atoms. The van der Waals surface area contributed by atoms with Gasteiger partial charge in [0.15, 0.2) is 12.4 Å². The molecule has 0 spiro atoms. The van der Waals surface area contributed by atoms with Gasteiger partial charge in [-0.2, -0.15) is 5.10 Å². The van der Waals surface area contributed by atoms with Crippen LogP contribution in [-0.4, -0.2) is 51.4 Å². The van der Waals surface area contributed by atoms with Crippen molar-refractivity contribution >= 4 is 11.9 Å². The second-order valence-electron chi connectivity index (χ2n) is 5.86. The van der Waals surface area contributed by atoms with E-state index in [1.165, 1.54) is 4.90 Å². The summed E-state index contributed by atoms with van der Waals surface area (Å²) in [6.07, 6.45) is 0.588. The third-order valence-corrected chi connectivity index (χ3v) is 3.97. The van der Waals surface area contributed by atoms with Gasteiger partial charge in [-0.1, -0.05) is 30.3 Å². The average Bonchev–Trinajstić information content (AvgIpc) is 2.82. The van der Waals surface area contributed by atoms with E-state index in [1.807, 2.05) is 37.3 Å². The van der Waals surface area contributed by atoms with E-state index in [0.29, 0.717) is 24.4 Å². The van der Waals surface area contributed by atoms with E-state index in [-0.39, 0.29) is 19.1 Å². The van der Waals surface area contributed by atoms with Gasteiger partial charge < -0.3 is 14.7 Å². The summed E-state index contributed by atoms with van der Waals surface area (Å²) in [7, 11) is 1.80. The van der Waals surface area contributed by atoms with E-state index in [0.717, 1.165) is 11.3 Å². The van der Waals surface area contributed by atoms with Crippen molar-refractivity contribution in [2.45, 2.75) is 20.3 Å². The lowest BCUT2D eigenvalue weighted by Gasteiger charge is -2.21. The Hall–Kier alpha value is -2.83. The standard InChI is InChI=1S/C18H23N3O4/c1-13-18(14(2)20(3)19-13)25-12-16(22)21(11-17(23)24)10-9-15-7-5-4-6-8-15/h4-8H,9-12H2,1-3H3,(H,23,24). The fourth-order valence-corrected chi connectivity index (χ4v) is 2.55. The third-order valence-electron chi connectivity index (χ3n) is 3.97. The van der Waals surface area contributed by atoms with Gasteiger partial charge in [0.2, 0.25) is 0 Å². The zero-order chi connectivity index (χ0) is 18.4. The lowest BCUT2D eigenvalue weighted by atomic mass is 10.1. The molecular weight excluding hydrogens is 322 g/mol. The van der Waals surface area contributed by atoms with E-state index in [2.05, 4.69) is 5.10 Å². The molecule has 1 aromatic heterocycles. The molecule has 0 saturated carbocycles. The van der Waals surface area contributed by atoms with E-state index in [1.54, 1.807) is 18.7 Å². The highest BCUT2D eigenvalue weighted by atomic mass is 16.5. The maximum atomic E-state index is 12.4. The second kappa shape index (κ2) is 8.32. The number of rotatable bonds is 8. The number of aromatic nitrogens is 2. The van der Waals surface area contributed by atoms with Crippen molar-refractivity contribution in [3.63, 3.8) is 0 Å². The van der Waals surface area contributed by atoms with E-state index in [4.69, 9.17) is 9.84 Å². The van der Waals surface area contributed by atoms with E-state index >= 15 is 0 Å². The van der Waals surface area contributed by atoms with Crippen LogP contribution in [0.4, 0.5) is 0 Å². The minimum absolute atomic E-state index is 0.213. The molecule has 2 aromatic rings. The first-order valence-corrected chi connectivity index (χ1v) is 8.05. The van der Waals surface area contributed by atoms with Crippen LogP contribution < -0.4 is 4.74 Å². The van der Waals surface area contributed by atoms with Gasteiger partial charge in [0.05, 0.1) is 5.69 Å². The van der Waals surface area contributed by atoms with Crippen molar-refractivity contribution in [1.29, 1.82) is 0 Å². The van der Waals surface area contributed by atoms with Gasteiger partial charge in [0.1, 0.15) is 12.2 Å². The summed E-state index contributed by atoms with van der Waals surface area (Å²) in [6, 6.07) is 9.63. The van der Waals surface area contributed by atoms with Gasteiger partial charge in [0, 0.05) is 13.6 Å². The van der Waals surface area contributed by atoms with Crippen molar-refractivity contribution in [2.75, 3.05) is 19.7 Å². The van der Waals surface area contributed by atoms with Crippen molar-refractivity contribution in [3.05, 3.63) is 47.3 Å². The van der Waals surface area contributed by atoms with Gasteiger partial charge in [0.25, 0.3) is 5.91 Å². The Morgan fingerprint density at radius 1 is 1.24 bits per heavy atom. The lowest BCUT2D eigenvalue weighted by Crippen LogP contribution is -2.40. The number of nitrogens with zero attached hydrogens (tertiary/aromatic N) is 3. The second-order valence-corrected chi connectivity index (χ2v) is 5.86. The highest BCUT2D eigenvalue weighted by Crippen LogP contribution is 2.21. The number of aryl methyl sites for hydroxylation is 2. The topological polar surface area (TPSA) is 84.7 Å². The van der Waals surface area contributed by atoms with Crippen LogP contribution in [0.25, 0.3) is 0 Å². The molecule has 7 heteroatoms. The minimum Gasteiger partial charge on any atom is -0.480 e. The fraction of sp³-hybridized carbons (Fsp3) is 0.389. The molecule has 1 aromatic carbocycles. The Bertz CT molecular complexity index is 740. The van der Waals surface area contributed by atoms with Crippen molar-refractivity contribution in [3.8, 4) is 5.75 Å². The summed E-state index contributed by atoms with van der Waals surface area (Å²) in [5, 5.41) is 13.3. The van der Waals surface area contributed by atoms with E-state index < -0.39 is 5.97 Å². The maximum Gasteiger partial charge on any atom is 0.323 e. The predicted molar refractivity (Wildman–Crippen MR) is 92.5 cm³/mol. The molecule has 0 fully saturated rings. The number of carbonyl (C=O) groups excluding carboxylic acids is 1. The number of carbonyl (C=O) groups is 2. The smallest absolute Gasteiger partial charge is 0.323 e. The molecular formula is C18H23N3O4. The Kier molecular flexibility index (Phi) is 6.16. The number of hydrogen-bond donors (Lipinski definition) is 1. The SMILES string of the molecule is Cc1nn(C)c(C)c1OCC(=O)N(CCc1ccccc1)CC(=O)O. The fourth-order valence-electron chi connectivity index (χ4n) is 2.55. The quantitative estimate of drug-likeness (QED) is 0.785. The minimum atomic E-state index is -1.05. The zero-order valence-corrected chi connectivity index (χ0v) is 14.7. The predicted octanol–water partition coefficient (Wildman–Crippen LogP) is 1.57. The molecule has 134 valence electrons. The molecule has 0 aliphatic rings. The monoisotopic (exact) mass is 345 g/mol. The maximum absolute atomic E-state index is 12.4. The van der Waals surface area contributed by atoms with Crippen LogP contribution in [0.15, 0.2) is 30.3 Å². The molecule has 1 heterocycles. The Morgan fingerprint density at radius 3 is 2.48 bits per heavy atom. The number of carboxylic acids is 1. The van der Waals surface area contributed by atoms with Gasteiger partial charge in [-0.05, 0) is 25.8 Å². The molecule has 0 bridgehead atoms. The van der Waals surface area contributed by atoms with Crippen molar-refractivity contribution in [2.24, 2.45) is 7.05 Å². The molecule has 0 atom stereocenters. The number of ether oxygens (including phenoxy) is 1. The number of benzene rings is 1. The molecule has 2 rings (SSSR count). The summed E-state index contributed by atoms with van der Waals surface area (Å²) in [6.45, 7) is 3.42. The highest BCUT2D eigenvalue weighted by Gasteiger charge is 2.19. The first kappa shape index (κ1) is 18.5. The van der Waals surface area contributed by atoms with Crippen LogP contribution in [-0.2, 0) is 23.1 Å². The first-order chi connectivity index (χ1) is 11.9. The average molecular weight is 345 g/mol. The van der Waals surface area contributed by atoms with Gasteiger partial charge in [-0.3, -0.25) is 14.3 Å². The van der Waals surface area contributed by atoms with Crippen LogP contribution in [0.2, 0.25) is 0 Å². The van der Waals surface area contributed by atoms with Gasteiger partial charge in [-0.15, -0.1) is 0 Å². The first-order valence-electron chi connectivity index (χ1n) is 8.05. The molecule has 0 unspecified atom stereocenters. The third kappa shape index (κ3) is 5.07. The summed E-state index contributed by atoms with van der Waals surface area (Å²) < 4.78 is 7.28. The number of hydrogen-bond acceptors (Lipinski definition) is 4. The Morgan fingerprint density at radius 2 is 1.92 bits per heavy atom. The van der Waals surface area contributed by atoms with Crippen LogP contribution >= 0.6 is 0 Å². The summed E-state index contributed by atoms with van der Waals surface area (Å²) in [5.74, 6) is -0.842. The Labute approximate surface area is 146 Å². The lowest BCUT2D eigenvalue weighted by molar-refractivity contribution is -0.145. The van der Waals surface area contributed by atoms with Crippen LogP contribution in [0.5, 0.6) is 5.75 Å². The molecule has 1 N–H and O–H groups in total. The largest absolute Gasteiger partial charge is 0.480 e. The van der Waals surface area contributed by atoms with Gasteiger partial charge >= 0.3 is 5.97 Å². The highest BCUT2D eigenvalue weighted by molar-refractivity contribution is 5.82. The summed E-state index contributed by atoms with van der Waals surface area (Å²) in [5.41, 5.74) is 2.56. The van der Waals surface area contributed by atoms with Gasteiger partial charge in [-0.25, -0.2) is 0 Å². The summed E-state index contributed by atoms with van der Waals surface area (Å²) >= 11 is 0. The molecule has 0 radical (unpaired) electrons. The zero-order valence-electron chi connectivity index (χ0n) is 14.7. The normalized spacial score (nSPS) is 10.5. The number of aliphatic carboxylic acids is 1. The number of carboxylic acid groups (broad SMARTS) is 1.